The quantitative estimate of drug-likeness (QED) is 0.611. The van der Waals surface area contributed by atoms with Gasteiger partial charge in [0.1, 0.15) is 6.04 Å². The molecule has 1 amide bonds. The summed E-state index contributed by atoms with van der Waals surface area (Å²) in [5.74, 6) is -1.44. The lowest BCUT2D eigenvalue weighted by Gasteiger charge is -2.14. The Hall–Kier alpha value is -2.40. The van der Waals surface area contributed by atoms with Crippen molar-refractivity contribution in [3.8, 4) is 0 Å². The Morgan fingerprint density at radius 2 is 1.84 bits per heavy atom. The monoisotopic (exact) mass is 341 g/mol. The first-order chi connectivity index (χ1) is 12.0. The maximum Gasteiger partial charge on any atom is 0.320 e. The highest BCUT2D eigenvalue weighted by molar-refractivity contribution is 5.87. The normalized spacial score (nSPS) is 13.4. The summed E-state index contributed by atoms with van der Waals surface area (Å²) in [6, 6.07) is 13.3. The van der Waals surface area contributed by atoms with Crippen LogP contribution in [0.25, 0.3) is 10.8 Å². The summed E-state index contributed by atoms with van der Waals surface area (Å²) in [6.07, 6.45) is 2.36. The fourth-order valence-electron chi connectivity index (χ4n) is 2.80. The molecule has 0 saturated carbocycles. The highest BCUT2D eigenvalue weighted by Crippen LogP contribution is 2.21. The van der Waals surface area contributed by atoms with E-state index in [0.717, 1.165) is 16.3 Å². The highest BCUT2D eigenvalue weighted by atomic mass is 16.4. The van der Waals surface area contributed by atoms with Crippen molar-refractivity contribution in [1.29, 1.82) is 0 Å². The van der Waals surface area contributed by atoms with Gasteiger partial charge in [0.05, 0.1) is 0 Å². The Morgan fingerprint density at radius 3 is 2.60 bits per heavy atom. The molecular weight excluding hydrogens is 316 g/mol. The maximum atomic E-state index is 12.2. The summed E-state index contributed by atoms with van der Waals surface area (Å²) in [4.78, 5) is 22.8. The Kier molecular flexibility index (Phi) is 6.95. The van der Waals surface area contributed by atoms with E-state index in [9.17, 15) is 9.59 Å². The van der Waals surface area contributed by atoms with E-state index in [4.69, 9.17) is 10.8 Å². The van der Waals surface area contributed by atoms with Crippen LogP contribution in [0.4, 0.5) is 0 Å². The van der Waals surface area contributed by atoms with E-state index in [1.807, 2.05) is 24.3 Å². The number of carbonyl (C=O) groups is 2. The number of unbranched alkanes of at least 4 members (excludes halogenated alkanes) is 1. The number of carboxylic acids is 1. The fraction of sp³-hybridized carbons (Fsp3) is 0.350. The largest absolute Gasteiger partial charge is 0.480 e. The van der Waals surface area contributed by atoms with E-state index in [0.29, 0.717) is 32.2 Å². The van der Waals surface area contributed by atoms with Gasteiger partial charge in [0.2, 0.25) is 5.91 Å². The molecular formula is C20H25N2O3. The van der Waals surface area contributed by atoms with E-state index in [1.165, 1.54) is 0 Å². The predicted octanol–water partition coefficient (Wildman–Crippen LogP) is 2.53. The minimum atomic E-state index is -0.989. The molecule has 5 nitrogen and oxygen atoms in total. The number of carbonyl (C=O) groups excluding carboxylic acids is 1. The van der Waals surface area contributed by atoms with E-state index >= 15 is 0 Å². The van der Waals surface area contributed by atoms with E-state index in [-0.39, 0.29) is 11.8 Å². The number of benzene rings is 2. The van der Waals surface area contributed by atoms with E-state index in [2.05, 4.69) is 30.4 Å². The van der Waals surface area contributed by atoms with Crippen molar-refractivity contribution in [2.45, 2.75) is 31.7 Å². The van der Waals surface area contributed by atoms with Crippen LogP contribution in [0, 0.1) is 12.8 Å². The molecule has 133 valence electrons. The summed E-state index contributed by atoms with van der Waals surface area (Å²) < 4.78 is 0. The van der Waals surface area contributed by atoms with Crippen molar-refractivity contribution in [2.75, 3.05) is 6.54 Å². The number of nitrogens with two attached hydrogens (primary N) is 1. The van der Waals surface area contributed by atoms with Crippen molar-refractivity contribution >= 4 is 22.6 Å². The summed E-state index contributed by atoms with van der Waals surface area (Å²) in [5.41, 5.74) is 6.55. The van der Waals surface area contributed by atoms with Gasteiger partial charge >= 0.3 is 5.97 Å². The molecule has 0 aliphatic heterocycles. The molecule has 1 radical (unpaired) electrons. The number of rotatable bonds is 9. The minimum absolute atomic E-state index is 0.0875. The van der Waals surface area contributed by atoms with Crippen molar-refractivity contribution < 1.29 is 14.7 Å². The number of nitrogens with one attached hydrogen (secondary N) is 1. The summed E-state index contributed by atoms with van der Waals surface area (Å²) in [5, 5.41) is 13.9. The Labute approximate surface area is 148 Å². The molecule has 0 fully saturated rings. The van der Waals surface area contributed by atoms with Crippen LogP contribution in [-0.4, -0.2) is 29.6 Å². The van der Waals surface area contributed by atoms with Crippen molar-refractivity contribution in [3.05, 3.63) is 55.0 Å². The zero-order chi connectivity index (χ0) is 18.2. The molecule has 2 atom stereocenters. The Morgan fingerprint density at radius 1 is 1.12 bits per heavy atom. The molecule has 0 aliphatic rings. The average molecular weight is 341 g/mol. The molecule has 2 rings (SSSR count). The van der Waals surface area contributed by atoms with Gasteiger partial charge in [-0.25, -0.2) is 0 Å². The van der Waals surface area contributed by atoms with Crippen LogP contribution in [0.15, 0.2) is 42.5 Å². The van der Waals surface area contributed by atoms with Crippen LogP contribution in [-0.2, 0) is 16.0 Å². The predicted molar refractivity (Wildman–Crippen MR) is 99.0 cm³/mol. The number of carboxylic acid groups (broad SMARTS) is 1. The van der Waals surface area contributed by atoms with Gasteiger partial charge in [0, 0.05) is 12.5 Å². The number of hydrogen-bond donors (Lipinski definition) is 3. The molecule has 0 spiro atoms. The molecule has 4 N–H and O–H groups in total. The Bertz CT molecular complexity index is 724. The van der Waals surface area contributed by atoms with Crippen LogP contribution in [0.3, 0.4) is 0 Å². The van der Waals surface area contributed by atoms with Gasteiger partial charge in [-0.3, -0.25) is 9.59 Å². The van der Waals surface area contributed by atoms with Gasteiger partial charge in [-0.2, -0.15) is 0 Å². The SMILES string of the molecule is [CH2]C(Cc1cccc2ccccc12)C(=O)NCCCCC(N)C(=O)O. The first-order valence-electron chi connectivity index (χ1n) is 8.55. The van der Waals surface area contributed by atoms with Crippen LogP contribution in [0.1, 0.15) is 24.8 Å². The zero-order valence-corrected chi connectivity index (χ0v) is 14.3. The number of fused-ring (bicyclic) bond motifs is 1. The smallest absolute Gasteiger partial charge is 0.320 e. The molecule has 2 aromatic carbocycles. The third-order valence-electron chi connectivity index (χ3n) is 4.28. The maximum absolute atomic E-state index is 12.2. The molecule has 25 heavy (non-hydrogen) atoms. The molecule has 2 unspecified atom stereocenters. The third-order valence-corrected chi connectivity index (χ3v) is 4.28. The van der Waals surface area contributed by atoms with Gasteiger partial charge in [-0.15, -0.1) is 0 Å². The minimum Gasteiger partial charge on any atom is -0.480 e. The summed E-state index contributed by atoms with van der Waals surface area (Å²) in [6.45, 7) is 4.49. The van der Waals surface area contributed by atoms with Crippen LogP contribution < -0.4 is 11.1 Å². The zero-order valence-electron chi connectivity index (χ0n) is 14.3. The van der Waals surface area contributed by atoms with Gasteiger partial charge in [-0.05, 0) is 48.9 Å². The summed E-state index contributed by atoms with van der Waals surface area (Å²) in [7, 11) is 0. The van der Waals surface area contributed by atoms with Crippen LogP contribution in [0.2, 0.25) is 0 Å². The summed E-state index contributed by atoms with van der Waals surface area (Å²) >= 11 is 0. The van der Waals surface area contributed by atoms with Crippen molar-refractivity contribution in [2.24, 2.45) is 11.7 Å². The lowest BCUT2D eigenvalue weighted by Crippen LogP contribution is -2.32. The lowest BCUT2D eigenvalue weighted by molar-refractivity contribution is -0.138. The van der Waals surface area contributed by atoms with E-state index in [1.54, 1.807) is 0 Å². The molecule has 0 aliphatic carbocycles. The van der Waals surface area contributed by atoms with Crippen molar-refractivity contribution in [3.63, 3.8) is 0 Å². The van der Waals surface area contributed by atoms with Crippen molar-refractivity contribution in [1.82, 2.24) is 5.32 Å². The number of aliphatic carboxylic acids is 1. The number of amides is 1. The second-order valence-electron chi connectivity index (χ2n) is 6.27. The molecule has 0 aromatic heterocycles. The lowest BCUT2D eigenvalue weighted by atomic mass is 9.95. The number of hydrogen-bond acceptors (Lipinski definition) is 3. The molecule has 2 aromatic rings. The molecule has 0 saturated heterocycles. The van der Waals surface area contributed by atoms with Gasteiger partial charge in [0.15, 0.2) is 0 Å². The van der Waals surface area contributed by atoms with Crippen LogP contribution in [0.5, 0.6) is 0 Å². The van der Waals surface area contributed by atoms with Gasteiger partial charge < -0.3 is 16.2 Å². The first-order valence-corrected chi connectivity index (χ1v) is 8.55. The van der Waals surface area contributed by atoms with Crippen LogP contribution >= 0.6 is 0 Å². The Balaban J connectivity index is 1.79. The topological polar surface area (TPSA) is 92.4 Å². The molecule has 0 bridgehead atoms. The van der Waals surface area contributed by atoms with Gasteiger partial charge in [-0.1, -0.05) is 42.5 Å². The average Bonchev–Trinajstić information content (AvgIpc) is 2.61. The molecule has 5 heteroatoms. The second kappa shape index (κ2) is 9.18. The third kappa shape index (κ3) is 5.57. The van der Waals surface area contributed by atoms with Gasteiger partial charge in [0.25, 0.3) is 0 Å². The first kappa shape index (κ1) is 18.9. The second-order valence-corrected chi connectivity index (χ2v) is 6.27. The highest BCUT2D eigenvalue weighted by Gasteiger charge is 2.15. The standard InChI is InChI=1S/C20H25N2O3/c1-14(19(23)22-12-5-4-11-18(21)20(24)25)13-16-9-6-8-15-7-2-3-10-17(15)16/h2-3,6-10,14,18H,1,4-5,11-13,21H2,(H,22,23)(H,24,25). The molecule has 0 heterocycles. The van der Waals surface area contributed by atoms with E-state index < -0.39 is 12.0 Å². The fourth-order valence-corrected chi connectivity index (χ4v) is 2.80.